The number of aromatic nitrogens is 4. The molecule has 3 aromatic rings. The molecule has 1 aliphatic heterocycles. The molecule has 2 aromatic heterocycles. The van der Waals surface area contributed by atoms with E-state index in [2.05, 4.69) is 46.0 Å². The van der Waals surface area contributed by atoms with Gasteiger partial charge in [0.25, 0.3) is 5.56 Å². The molecule has 0 atom stereocenters. The van der Waals surface area contributed by atoms with Crippen LogP contribution >= 0.6 is 0 Å². The van der Waals surface area contributed by atoms with Crippen molar-refractivity contribution in [2.45, 2.75) is 19.9 Å². The van der Waals surface area contributed by atoms with Gasteiger partial charge in [0.2, 0.25) is 0 Å². The van der Waals surface area contributed by atoms with Gasteiger partial charge in [-0.15, -0.1) is 0 Å². The summed E-state index contributed by atoms with van der Waals surface area (Å²) in [5.74, 6) is 0. The summed E-state index contributed by atoms with van der Waals surface area (Å²) in [6.07, 6.45) is 2.34. The summed E-state index contributed by atoms with van der Waals surface area (Å²) in [5, 5.41) is 0. The first-order chi connectivity index (χ1) is 14.0. The average molecular weight is 396 g/mol. The van der Waals surface area contributed by atoms with Crippen LogP contribution in [0.2, 0.25) is 0 Å². The molecule has 0 radical (unpaired) electrons. The van der Waals surface area contributed by atoms with Crippen molar-refractivity contribution in [3.05, 3.63) is 57.0 Å². The van der Waals surface area contributed by atoms with E-state index in [0.717, 1.165) is 39.1 Å². The summed E-state index contributed by atoms with van der Waals surface area (Å²) in [7, 11) is 3.44. The summed E-state index contributed by atoms with van der Waals surface area (Å²) in [4.78, 5) is 34.4. The monoisotopic (exact) mass is 396 g/mol. The zero-order valence-corrected chi connectivity index (χ0v) is 17.3. The number of hydrogen-bond acceptors (Lipinski definition) is 5. The maximum atomic E-state index is 12.8. The topological polar surface area (TPSA) is 68.3 Å². The second-order valence-electron chi connectivity index (χ2n) is 7.79. The van der Waals surface area contributed by atoms with Crippen molar-refractivity contribution in [2.24, 2.45) is 14.1 Å². The van der Waals surface area contributed by atoms with Crippen molar-refractivity contribution in [1.82, 2.24) is 23.6 Å². The van der Waals surface area contributed by atoms with E-state index in [0.29, 0.717) is 17.7 Å². The van der Waals surface area contributed by atoms with Gasteiger partial charge in [0.1, 0.15) is 0 Å². The Morgan fingerprint density at radius 1 is 1.00 bits per heavy atom. The highest BCUT2D eigenvalue weighted by molar-refractivity contribution is 5.69. The minimum Gasteiger partial charge on any atom is -0.369 e. The van der Waals surface area contributed by atoms with Crippen molar-refractivity contribution in [2.75, 3.05) is 37.6 Å². The quantitative estimate of drug-likeness (QED) is 0.643. The van der Waals surface area contributed by atoms with Gasteiger partial charge in [-0.25, -0.2) is 9.78 Å². The fourth-order valence-electron chi connectivity index (χ4n) is 4.18. The van der Waals surface area contributed by atoms with E-state index in [1.165, 1.54) is 20.4 Å². The number of para-hydroxylation sites is 1. The van der Waals surface area contributed by atoms with Gasteiger partial charge in [0.05, 0.1) is 6.33 Å². The van der Waals surface area contributed by atoms with Crippen LogP contribution in [0.25, 0.3) is 11.2 Å². The summed E-state index contributed by atoms with van der Waals surface area (Å²) >= 11 is 0. The number of piperazine rings is 1. The van der Waals surface area contributed by atoms with Crippen molar-refractivity contribution in [1.29, 1.82) is 0 Å². The third-order valence-corrected chi connectivity index (χ3v) is 5.89. The Morgan fingerprint density at radius 3 is 2.45 bits per heavy atom. The number of hydrogen-bond donors (Lipinski definition) is 0. The Labute approximate surface area is 169 Å². The fraction of sp³-hybridized carbons (Fsp3) is 0.476. The normalized spacial score (nSPS) is 15.3. The Morgan fingerprint density at radius 2 is 1.72 bits per heavy atom. The summed E-state index contributed by atoms with van der Waals surface area (Å²) < 4.78 is 4.48. The molecule has 0 saturated carbocycles. The minimum atomic E-state index is -0.300. The van der Waals surface area contributed by atoms with E-state index in [1.54, 1.807) is 25.0 Å². The van der Waals surface area contributed by atoms with E-state index in [4.69, 9.17) is 0 Å². The molecule has 8 heteroatoms. The molecule has 0 bridgehead atoms. The first-order valence-electron chi connectivity index (χ1n) is 10.1. The zero-order chi connectivity index (χ0) is 20.5. The zero-order valence-electron chi connectivity index (χ0n) is 17.3. The molecule has 1 aliphatic rings. The van der Waals surface area contributed by atoms with Gasteiger partial charge in [-0.05, 0) is 31.5 Å². The van der Waals surface area contributed by atoms with Crippen LogP contribution in [0, 0.1) is 6.92 Å². The summed E-state index contributed by atoms with van der Waals surface area (Å²) in [6.45, 7) is 7.41. The highest BCUT2D eigenvalue weighted by atomic mass is 16.2. The van der Waals surface area contributed by atoms with Gasteiger partial charge in [0.15, 0.2) is 11.2 Å². The third kappa shape index (κ3) is 3.60. The lowest BCUT2D eigenvalue weighted by atomic mass is 10.1. The molecule has 0 aliphatic carbocycles. The highest BCUT2D eigenvalue weighted by Crippen LogP contribution is 2.20. The van der Waals surface area contributed by atoms with Gasteiger partial charge in [0, 0.05) is 52.5 Å². The van der Waals surface area contributed by atoms with E-state index in [-0.39, 0.29) is 11.2 Å². The standard InChI is InChI=1S/C21H28N6O2/c1-16-7-4-5-8-17(16)26-13-11-25(12-14-26)9-6-10-27-20(28)18-19(22-15-23(18)2)24(3)21(27)29/h4-5,7-8,15H,6,9-14H2,1-3H3. The predicted octanol–water partition coefficient (Wildman–Crippen LogP) is 0.954. The fourth-order valence-corrected chi connectivity index (χ4v) is 4.18. The SMILES string of the molecule is Cc1ccccc1N1CCN(CCCn2c(=O)c3c(ncn3C)n(C)c2=O)CC1. The second-order valence-corrected chi connectivity index (χ2v) is 7.79. The molecule has 0 N–H and O–H groups in total. The molecule has 3 heterocycles. The van der Waals surface area contributed by atoms with Crippen LogP contribution in [0.3, 0.4) is 0 Å². The Balaban J connectivity index is 1.38. The lowest BCUT2D eigenvalue weighted by Crippen LogP contribution is -2.47. The van der Waals surface area contributed by atoms with Crippen LogP contribution < -0.4 is 16.1 Å². The maximum Gasteiger partial charge on any atom is 0.332 e. The molecule has 0 unspecified atom stereocenters. The van der Waals surface area contributed by atoms with Gasteiger partial charge >= 0.3 is 5.69 Å². The molecule has 154 valence electrons. The highest BCUT2D eigenvalue weighted by Gasteiger charge is 2.19. The molecule has 1 aromatic carbocycles. The van der Waals surface area contributed by atoms with Gasteiger partial charge in [-0.3, -0.25) is 18.8 Å². The second kappa shape index (κ2) is 7.87. The van der Waals surface area contributed by atoms with Crippen molar-refractivity contribution in [3.63, 3.8) is 0 Å². The van der Waals surface area contributed by atoms with E-state index >= 15 is 0 Å². The smallest absolute Gasteiger partial charge is 0.332 e. The van der Waals surface area contributed by atoms with Gasteiger partial charge < -0.3 is 9.47 Å². The first-order valence-corrected chi connectivity index (χ1v) is 10.1. The number of aryl methyl sites for hydroxylation is 3. The van der Waals surface area contributed by atoms with Crippen LogP contribution in [0.4, 0.5) is 5.69 Å². The van der Waals surface area contributed by atoms with E-state index in [1.807, 2.05) is 0 Å². The Kier molecular flexibility index (Phi) is 5.27. The molecule has 0 spiro atoms. The van der Waals surface area contributed by atoms with Crippen molar-refractivity contribution < 1.29 is 0 Å². The molecular weight excluding hydrogens is 368 g/mol. The Hall–Kier alpha value is -2.87. The maximum absolute atomic E-state index is 12.8. The van der Waals surface area contributed by atoms with Crippen LogP contribution in [-0.2, 0) is 20.6 Å². The first kappa shape index (κ1) is 19.4. The average Bonchev–Trinajstić information content (AvgIpc) is 3.12. The molecular formula is C21H28N6O2. The van der Waals surface area contributed by atoms with Gasteiger partial charge in [-0.2, -0.15) is 0 Å². The van der Waals surface area contributed by atoms with Gasteiger partial charge in [-0.1, -0.05) is 18.2 Å². The lowest BCUT2D eigenvalue weighted by Gasteiger charge is -2.36. The number of rotatable bonds is 5. The molecule has 0 amide bonds. The van der Waals surface area contributed by atoms with E-state index in [9.17, 15) is 9.59 Å². The van der Waals surface area contributed by atoms with Crippen molar-refractivity contribution in [3.8, 4) is 0 Å². The Bertz CT molecular complexity index is 1130. The molecule has 29 heavy (non-hydrogen) atoms. The molecule has 1 fully saturated rings. The summed E-state index contributed by atoms with van der Waals surface area (Å²) in [5.41, 5.74) is 2.97. The molecule has 4 rings (SSSR count). The third-order valence-electron chi connectivity index (χ3n) is 5.89. The van der Waals surface area contributed by atoms with Crippen LogP contribution in [0.15, 0.2) is 40.2 Å². The van der Waals surface area contributed by atoms with E-state index < -0.39 is 0 Å². The van der Waals surface area contributed by atoms with Crippen LogP contribution in [0.1, 0.15) is 12.0 Å². The van der Waals surface area contributed by atoms with Crippen molar-refractivity contribution >= 4 is 16.9 Å². The molecule has 8 nitrogen and oxygen atoms in total. The number of nitrogens with zero attached hydrogens (tertiary/aromatic N) is 6. The van der Waals surface area contributed by atoms with Crippen LogP contribution in [0.5, 0.6) is 0 Å². The summed E-state index contributed by atoms with van der Waals surface area (Å²) in [6, 6.07) is 8.50. The van der Waals surface area contributed by atoms with Crippen LogP contribution in [-0.4, -0.2) is 56.3 Å². The number of fused-ring (bicyclic) bond motifs is 1. The number of anilines is 1. The molecule has 1 saturated heterocycles. The minimum absolute atomic E-state index is 0.257. The number of benzene rings is 1. The predicted molar refractivity (Wildman–Crippen MR) is 115 cm³/mol. The lowest BCUT2D eigenvalue weighted by molar-refractivity contribution is 0.249. The largest absolute Gasteiger partial charge is 0.369 e. The number of imidazole rings is 1.